The summed E-state index contributed by atoms with van der Waals surface area (Å²) >= 11 is 0. The normalized spacial score (nSPS) is 11.5. The molecular formula is C20H35N5O2. The van der Waals surface area contributed by atoms with E-state index >= 15 is 0 Å². The number of carbonyl (C=O) groups is 1. The largest absolute Gasteiger partial charge is 0.382 e. The van der Waals surface area contributed by atoms with Gasteiger partial charge in [0.1, 0.15) is 0 Å². The first kappa shape index (κ1) is 22.9. The topological polar surface area (TPSA) is 78.0 Å². The van der Waals surface area contributed by atoms with Gasteiger partial charge < -0.3 is 25.6 Å². The van der Waals surface area contributed by atoms with E-state index < -0.39 is 0 Å². The second kappa shape index (κ2) is 14.0. The van der Waals surface area contributed by atoms with E-state index in [4.69, 9.17) is 4.74 Å². The maximum atomic E-state index is 12.2. The number of carbonyl (C=O) groups excluding carboxylic acids is 1. The van der Waals surface area contributed by atoms with Gasteiger partial charge in [0.15, 0.2) is 5.96 Å². The molecular weight excluding hydrogens is 342 g/mol. The van der Waals surface area contributed by atoms with Crippen LogP contribution in [0.15, 0.2) is 29.3 Å². The molecule has 0 aliphatic heterocycles. The van der Waals surface area contributed by atoms with Gasteiger partial charge in [-0.25, -0.2) is 0 Å². The molecule has 3 N–H and O–H groups in total. The molecule has 27 heavy (non-hydrogen) atoms. The number of ether oxygens (including phenoxy) is 1. The molecule has 0 atom stereocenters. The number of unbranched alkanes of at least 4 members (excludes halogenated alkanes) is 1. The maximum Gasteiger partial charge on any atom is 0.251 e. The van der Waals surface area contributed by atoms with Gasteiger partial charge in [-0.3, -0.25) is 9.79 Å². The molecule has 1 aromatic carbocycles. The summed E-state index contributed by atoms with van der Waals surface area (Å²) in [6.07, 6.45) is 2.06. The van der Waals surface area contributed by atoms with Crippen LogP contribution in [-0.4, -0.2) is 70.8 Å². The van der Waals surface area contributed by atoms with Crippen molar-refractivity contribution in [3.05, 3.63) is 35.4 Å². The Kier molecular flexibility index (Phi) is 11.9. The number of nitrogens with zero attached hydrogens (tertiary/aromatic N) is 2. The predicted molar refractivity (Wildman–Crippen MR) is 111 cm³/mol. The third-order valence-electron chi connectivity index (χ3n) is 3.93. The van der Waals surface area contributed by atoms with Crippen molar-refractivity contribution in [1.82, 2.24) is 20.9 Å². The van der Waals surface area contributed by atoms with Crippen LogP contribution >= 0.6 is 0 Å². The minimum atomic E-state index is -0.0458. The maximum absolute atomic E-state index is 12.2. The number of amides is 1. The summed E-state index contributed by atoms with van der Waals surface area (Å²) in [6.45, 7) is 6.48. The van der Waals surface area contributed by atoms with Gasteiger partial charge in [-0.1, -0.05) is 12.1 Å². The highest BCUT2D eigenvalue weighted by Gasteiger charge is 2.06. The lowest BCUT2D eigenvalue weighted by Crippen LogP contribution is -2.37. The molecule has 1 amide bonds. The Morgan fingerprint density at radius 1 is 1.15 bits per heavy atom. The number of guanidine groups is 1. The quantitative estimate of drug-likeness (QED) is 0.292. The van der Waals surface area contributed by atoms with Crippen LogP contribution in [0.5, 0.6) is 0 Å². The molecule has 0 bridgehead atoms. The zero-order chi connectivity index (χ0) is 19.9. The number of hydrogen-bond donors (Lipinski definition) is 3. The third kappa shape index (κ3) is 10.6. The van der Waals surface area contributed by atoms with Crippen molar-refractivity contribution in [3.8, 4) is 0 Å². The zero-order valence-corrected chi connectivity index (χ0v) is 17.2. The second-order valence-corrected chi connectivity index (χ2v) is 6.52. The molecule has 0 spiro atoms. The Balaban J connectivity index is 2.39. The van der Waals surface area contributed by atoms with Crippen molar-refractivity contribution >= 4 is 11.9 Å². The van der Waals surface area contributed by atoms with Crippen LogP contribution in [0.3, 0.4) is 0 Å². The van der Waals surface area contributed by atoms with Crippen molar-refractivity contribution in [2.75, 3.05) is 54.0 Å². The molecule has 1 rings (SSSR count). The fraction of sp³-hybridized carbons (Fsp3) is 0.600. The molecule has 0 heterocycles. The monoisotopic (exact) mass is 377 g/mol. The number of rotatable bonds is 12. The molecule has 0 aromatic heterocycles. The molecule has 7 heteroatoms. The van der Waals surface area contributed by atoms with E-state index in [0.29, 0.717) is 18.7 Å². The minimum Gasteiger partial charge on any atom is -0.382 e. The summed E-state index contributed by atoms with van der Waals surface area (Å²) in [5.74, 6) is 0.711. The molecule has 0 aliphatic rings. The van der Waals surface area contributed by atoms with Crippen LogP contribution in [0, 0.1) is 0 Å². The number of nitrogens with one attached hydrogen (secondary N) is 3. The van der Waals surface area contributed by atoms with Crippen LogP contribution in [0.2, 0.25) is 0 Å². The van der Waals surface area contributed by atoms with Gasteiger partial charge in [-0.2, -0.15) is 0 Å². The third-order valence-corrected chi connectivity index (χ3v) is 3.93. The minimum absolute atomic E-state index is 0.0458. The molecule has 0 radical (unpaired) electrons. The fourth-order valence-corrected chi connectivity index (χ4v) is 2.40. The standard InChI is InChI=1S/C20H35N5O2/c1-5-27-14-7-6-11-23-20(21-2)24-16-17-9-8-10-18(15-17)19(26)22-12-13-25(3)4/h8-10,15H,5-7,11-14,16H2,1-4H3,(H,22,26)(H2,21,23,24). The van der Waals surface area contributed by atoms with E-state index in [-0.39, 0.29) is 5.91 Å². The molecule has 0 unspecified atom stereocenters. The van der Waals surface area contributed by atoms with Crippen LogP contribution in [0.4, 0.5) is 0 Å². The van der Waals surface area contributed by atoms with Crippen LogP contribution in [0.1, 0.15) is 35.7 Å². The lowest BCUT2D eigenvalue weighted by Gasteiger charge is -2.13. The summed E-state index contributed by atoms with van der Waals surface area (Å²) in [5, 5.41) is 9.51. The van der Waals surface area contributed by atoms with Gasteiger partial charge in [0, 0.05) is 52.0 Å². The predicted octanol–water partition coefficient (Wildman–Crippen LogP) is 1.46. The van der Waals surface area contributed by atoms with Crippen LogP contribution in [0.25, 0.3) is 0 Å². The summed E-state index contributed by atoms with van der Waals surface area (Å²) in [5.41, 5.74) is 1.71. The average Bonchev–Trinajstić information content (AvgIpc) is 2.66. The van der Waals surface area contributed by atoms with E-state index in [2.05, 4.69) is 20.9 Å². The Morgan fingerprint density at radius 3 is 2.67 bits per heavy atom. The molecule has 7 nitrogen and oxygen atoms in total. The van der Waals surface area contributed by atoms with Gasteiger partial charge >= 0.3 is 0 Å². The Bertz CT molecular complexity index is 575. The zero-order valence-electron chi connectivity index (χ0n) is 17.2. The SMILES string of the molecule is CCOCCCCNC(=NC)NCc1cccc(C(=O)NCCN(C)C)c1. The van der Waals surface area contributed by atoms with Crippen molar-refractivity contribution in [2.24, 2.45) is 4.99 Å². The van der Waals surface area contributed by atoms with Crippen molar-refractivity contribution < 1.29 is 9.53 Å². The van der Waals surface area contributed by atoms with E-state index in [1.165, 1.54) is 0 Å². The van der Waals surface area contributed by atoms with E-state index in [0.717, 1.165) is 50.7 Å². The summed E-state index contributed by atoms with van der Waals surface area (Å²) < 4.78 is 5.33. The Morgan fingerprint density at radius 2 is 1.96 bits per heavy atom. The molecule has 1 aromatic rings. The summed E-state index contributed by atoms with van der Waals surface area (Å²) in [6, 6.07) is 7.65. The molecule has 152 valence electrons. The van der Waals surface area contributed by atoms with E-state index in [1.807, 2.05) is 50.2 Å². The number of benzene rings is 1. The highest BCUT2D eigenvalue weighted by atomic mass is 16.5. The first-order chi connectivity index (χ1) is 13.1. The number of likely N-dealkylation sites (N-methyl/N-ethyl adjacent to an activating group) is 1. The smallest absolute Gasteiger partial charge is 0.251 e. The van der Waals surface area contributed by atoms with Gasteiger partial charge in [0.2, 0.25) is 0 Å². The van der Waals surface area contributed by atoms with E-state index in [9.17, 15) is 4.79 Å². The number of aliphatic imine (C=N–C) groups is 1. The summed E-state index contributed by atoms with van der Waals surface area (Å²) in [4.78, 5) is 18.5. The number of hydrogen-bond acceptors (Lipinski definition) is 4. The van der Waals surface area contributed by atoms with Crippen molar-refractivity contribution in [2.45, 2.75) is 26.3 Å². The lowest BCUT2D eigenvalue weighted by atomic mass is 10.1. The first-order valence-electron chi connectivity index (χ1n) is 9.61. The second-order valence-electron chi connectivity index (χ2n) is 6.52. The van der Waals surface area contributed by atoms with Crippen LogP contribution in [-0.2, 0) is 11.3 Å². The van der Waals surface area contributed by atoms with Gasteiger partial charge in [-0.05, 0) is 51.6 Å². The average molecular weight is 378 g/mol. The van der Waals surface area contributed by atoms with Crippen molar-refractivity contribution in [1.29, 1.82) is 0 Å². The van der Waals surface area contributed by atoms with Crippen molar-refractivity contribution in [3.63, 3.8) is 0 Å². The van der Waals surface area contributed by atoms with Crippen LogP contribution < -0.4 is 16.0 Å². The molecule has 0 saturated heterocycles. The lowest BCUT2D eigenvalue weighted by molar-refractivity contribution is 0.0951. The Hall–Kier alpha value is -2.12. The first-order valence-corrected chi connectivity index (χ1v) is 9.61. The molecule has 0 saturated carbocycles. The fourth-order valence-electron chi connectivity index (χ4n) is 2.40. The molecule has 0 fully saturated rings. The van der Waals surface area contributed by atoms with E-state index in [1.54, 1.807) is 7.05 Å². The van der Waals surface area contributed by atoms with Gasteiger partial charge in [0.25, 0.3) is 5.91 Å². The molecule has 0 aliphatic carbocycles. The summed E-state index contributed by atoms with van der Waals surface area (Å²) in [7, 11) is 5.72. The van der Waals surface area contributed by atoms with Gasteiger partial charge in [-0.15, -0.1) is 0 Å². The van der Waals surface area contributed by atoms with Gasteiger partial charge in [0.05, 0.1) is 0 Å². The highest BCUT2D eigenvalue weighted by Crippen LogP contribution is 2.05. The Labute approximate surface area is 163 Å². The highest BCUT2D eigenvalue weighted by molar-refractivity contribution is 5.94.